The van der Waals surface area contributed by atoms with Crippen molar-refractivity contribution in [2.24, 2.45) is 0 Å². The van der Waals surface area contributed by atoms with Gasteiger partial charge in [0.15, 0.2) is 0 Å². The molecule has 0 saturated heterocycles. The van der Waals surface area contributed by atoms with E-state index in [1.807, 2.05) is 19.1 Å². The van der Waals surface area contributed by atoms with E-state index in [1.165, 1.54) is 0 Å². The fourth-order valence-electron chi connectivity index (χ4n) is 1.23. The van der Waals surface area contributed by atoms with Crippen LogP contribution < -0.4 is 10.6 Å². The predicted octanol–water partition coefficient (Wildman–Crippen LogP) is 2.56. The van der Waals surface area contributed by atoms with Gasteiger partial charge in [0, 0.05) is 29.7 Å². The molecule has 4 nitrogen and oxygen atoms in total. The molecule has 0 spiro atoms. The van der Waals surface area contributed by atoms with Gasteiger partial charge in [-0.2, -0.15) is 0 Å². The molecule has 0 radical (unpaired) electrons. The quantitative estimate of drug-likeness (QED) is 0.849. The number of anilines is 1. The fraction of sp³-hybridized carbons (Fsp3) is 0.500. The molecular formula is C12H18BrN3O. The Morgan fingerprint density at radius 2 is 2.29 bits per heavy atom. The van der Waals surface area contributed by atoms with Crippen molar-refractivity contribution < 1.29 is 4.79 Å². The van der Waals surface area contributed by atoms with Gasteiger partial charge in [0.1, 0.15) is 5.82 Å². The molecule has 1 atom stereocenters. The van der Waals surface area contributed by atoms with Crippen LogP contribution >= 0.6 is 15.9 Å². The van der Waals surface area contributed by atoms with Crippen LogP contribution in [0.15, 0.2) is 22.8 Å². The van der Waals surface area contributed by atoms with Gasteiger partial charge in [0.2, 0.25) is 5.91 Å². The molecule has 1 aromatic heterocycles. The highest BCUT2D eigenvalue weighted by Gasteiger charge is 2.04. The van der Waals surface area contributed by atoms with Crippen molar-refractivity contribution in [3.05, 3.63) is 22.8 Å². The lowest BCUT2D eigenvalue weighted by atomic mass is 10.2. The van der Waals surface area contributed by atoms with E-state index in [4.69, 9.17) is 0 Å². The molecule has 94 valence electrons. The number of hydrogen-bond acceptors (Lipinski definition) is 3. The van der Waals surface area contributed by atoms with Crippen LogP contribution in [0.3, 0.4) is 0 Å². The highest BCUT2D eigenvalue weighted by molar-refractivity contribution is 9.10. The Morgan fingerprint density at radius 3 is 2.88 bits per heavy atom. The van der Waals surface area contributed by atoms with Gasteiger partial charge in [-0.05, 0) is 41.4 Å². The van der Waals surface area contributed by atoms with Crippen molar-refractivity contribution >= 4 is 27.7 Å². The Balaban J connectivity index is 2.23. The molecule has 0 aliphatic heterocycles. The van der Waals surface area contributed by atoms with Crippen molar-refractivity contribution in [2.45, 2.75) is 32.7 Å². The van der Waals surface area contributed by atoms with Crippen LogP contribution in [0, 0.1) is 0 Å². The number of rotatable bonds is 6. The number of hydrogen-bond donors (Lipinski definition) is 2. The van der Waals surface area contributed by atoms with Crippen molar-refractivity contribution in [1.82, 2.24) is 10.3 Å². The first kappa shape index (κ1) is 14.0. The smallest absolute Gasteiger partial charge is 0.221 e. The second kappa shape index (κ2) is 7.27. The normalized spacial score (nSPS) is 11.9. The Morgan fingerprint density at radius 1 is 1.53 bits per heavy atom. The molecule has 5 heteroatoms. The Kier molecular flexibility index (Phi) is 5.97. The van der Waals surface area contributed by atoms with E-state index in [0.717, 1.165) is 16.7 Å². The van der Waals surface area contributed by atoms with Gasteiger partial charge >= 0.3 is 0 Å². The summed E-state index contributed by atoms with van der Waals surface area (Å²) in [6, 6.07) is 4.03. The molecule has 1 amide bonds. The van der Waals surface area contributed by atoms with Crippen LogP contribution in [0.5, 0.6) is 0 Å². The molecule has 0 aliphatic carbocycles. The minimum atomic E-state index is 0.0731. The van der Waals surface area contributed by atoms with Gasteiger partial charge in [-0.1, -0.05) is 6.92 Å². The summed E-state index contributed by atoms with van der Waals surface area (Å²) < 4.78 is 0.942. The van der Waals surface area contributed by atoms with E-state index in [1.54, 1.807) is 6.20 Å². The zero-order chi connectivity index (χ0) is 12.7. The van der Waals surface area contributed by atoms with Crippen molar-refractivity contribution in [3.8, 4) is 0 Å². The predicted molar refractivity (Wildman–Crippen MR) is 72.9 cm³/mol. The first-order chi connectivity index (χ1) is 8.11. The van der Waals surface area contributed by atoms with Crippen LogP contribution in [0.2, 0.25) is 0 Å². The van der Waals surface area contributed by atoms with Crippen molar-refractivity contribution in [2.75, 3.05) is 11.9 Å². The number of pyridine rings is 1. The molecule has 17 heavy (non-hydrogen) atoms. The van der Waals surface area contributed by atoms with Gasteiger partial charge in [0.05, 0.1) is 0 Å². The summed E-state index contributed by atoms with van der Waals surface area (Å²) >= 11 is 3.32. The summed E-state index contributed by atoms with van der Waals surface area (Å²) in [5.74, 6) is 0.855. The molecule has 1 aromatic rings. The maximum absolute atomic E-state index is 11.5. The standard InChI is InChI=1S/C12H18BrN3O/c1-3-9(2)16-12(17)6-7-14-11-5-4-10(13)8-15-11/h4-5,8-9H,3,6-7H2,1-2H3,(H,14,15)(H,16,17). The monoisotopic (exact) mass is 299 g/mol. The number of nitrogens with one attached hydrogen (secondary N) is 2. The third-order valence-corrected chi connectivity index (χ3v) is 2.87. The first-order valence-electron chi connectivity index (χ1n) is 5.76. The van der Waals surface area contributed by atoms with Gasteiger partial charge < -0.3 is 10.6 Å². The SMILES string of the molecule is CCC(C)NC(=O)CCNc1ccc(Br)cn1. The zero-order valence-corrected chi connectivity index (χ0v) is 11.8. The zero-order valence-electron chi connectivity index (χ0n) is 10.2. The Bertz CT molecular complexity index is 353. The summed E-state index contributed by atoms with van der Waals surface area (Å²) in [6.07, 6.45) is 3.14. The third-order valence-electron chi connectivity index (χ3n) is 2.41. The van der Waals surface area contributed by atoms with E-state index >= 15 is 0 Å². The molecule has 0 aliphatic rings. The molecule has 0 saturated carbocycles. The van der Waals surface area contributed by atoms with E-state index in [9.17, 15) is 4.79 Å². The first-order valence-corrected chi connectivity index (χ1v) is 6.56. The number of aromatic nitrogens is 1. The van der Waals surface area contributed by atoms with E-state index < -0.39 is 0 Å². The minimum Gasteiger partial charge on any atom is -0.370 e. The number of amides is 1. The lowest BCUT2D eigenvalue weighted by Crippen LogP contribution is -2.32. The molecule has 0 bridgehead atoms. The summed E-state index contributed by atoms with van der Waals surface area (Å²) in [4.78, 5) is 15.6. The largest absolute Gasteiger partial charge is 0.370 e. The molecule has 1 rings (SSSR count). The summed E-state index contributed by atoms with van der Waals surface area (Å²) in [6.45, 7) is 4.65. The second-order valence-corrected chi connectivity index (χ2v) is 4.83. The Hall–Kier alpha value is -1.10. The average Bonchev–Trinajstić information content (AvgIpc) is 2.31. The van der Waals surface area contributed by atoms with Crippen molar-refractivity contribution in [3.63, 3.8) is 0 Å². The van der Waals surface area contributed by atoms with Gasteiger partial charge in [-0.25, -0.2) is 4.98 Å². The topological polar surface area (TPSA) is 54.0 Å². The summed E-state index contributed by atoms with van der Waals surface area (Å²) in [5, 5.41) is 6.02. The molecule has 1 heterocycles. The fourth-order valence-corrected chi connectivity index (χ4v) is 1.47. The van der Waals surface area contributed by atoms with Gasteiger partial charge in [-0.3, -0.25) is 4.79 Å². The number of carbonyl (C=O) groups is 1. The van der Waals surface area contributed by atoms with E-state index in [-0.39, 0.29) is 11.9 Å². The number of nitrogens with zero attached hydrogens (tertiary/aromatic N) is 1. The third kappa shape index (κ3) is 5.68. The molecule has 0 fully saturated rings. The summed E-state index contributed by atoms with van der Waals surface area (Å²) in [7, 11) is 0. The summed E-state index contributed by atoms with van der Waals surface area (Å²) in [5.41, 5.74) is 0. The maximum Gasteiger partial charge on any atom is 0.221 e. The van der Waals surface area contributed by atoms with Crippen molar-refractivity contribution in [1.29, 1.82) is 0 Å². The molecular weight excluding hydrogens is 282 g/mol. The van der Waals surface area contributed by atoms with Crippen LogP contribution in [0.1, 0.15) is 26.7 Å². The minimum absolute atomic E-state index is 0.0731. The van der Waals surface area contributed by atoms with Gasteiger partial charge in [-0.15, -0.1) is 0 Å². The lowest BCUT2D eigenvalue weighted by molar-refractivity contribution is -0.121. The number of carbonyl (C=O) groups excluding carboxylic acids is 1. The van der Waals surface area contributed by atoms with Crippen LogP contribution in [0.25, 0.3) is 0 Å². The maximum atomic E-state index is 11.5. The Labute approximate surface area is 110 Å². The van der Waals surface area contributed by atoms with E-state index in [2.05, 4.69) is 38.5 Å². The molecule has 0 aromatic carbocycles. The average molecular weight is 300 g/mol. The van der Waals surface area contributed by atoms with Gasteiger partial charge in [0.25, 0.3) is 0 Å². The molecule has 1 unspecified atom stereocenters. The highest BCUT2D eigenvalue weighted by atomic mass is 79.9. The molecule has 2 N–H and O–H groups in total. The lowest BCUT2D eigenvalue weighted by Gasteiger charge is -2.11. The second-order valence-electron chi connectivity index (χ2n) is 3.92. The highest BCUT2D eigenvalue weighted by Crippen LogP contribution is 2.10. The van der Waals surface area contributed by atoms with Crippen LogP contribution in [0.4, 0.5) is 5.82 Å². The van der Waals surface area contributed by atoms with Crippen LogP contribution in [-0.4, -0.2) is 23.5 Å². The van der Waals surface area contributed by atoms with E-state index in [0.29, 0.717) is 13.0 Å². The number of halogens is 1. The van der Waals surface area contributed by atoms with Crippen LogP contribution in [-0.2, 0) is 4.79 Å².